The Bertz CT molecular complexity index is 1090. The molecule has 0 radical (unpaired) electrons. The van der Waals surface area contributed by atoms with E-state index in [4.69, 9.17) is 18.9 Å². The molecule has 0 aliphatic heterocycles. The van der Waals surface area contributed by atoms with E-state index in [1.807, 2.05) is 60.7 Å². The predicted octanol–water partition coefficient (Wildman–Crippen LogP) is 8.04. The van der Waals surface area contributed by atoms with E-state index in [2.05, 4.69) is 49.6 Å². The van der Waals surface area contributed by atoms with Gasteiger partial charge in [0.15, 0.2) is 6.10 Å². The Morgan fingerprint density at radius 3 is 1.77 bits per heavy atom. The molecule has 0 bridgehead atoms. The number of hydrogen-bond donors (Lipinski definition) is 0. The second-order valence-electron chi connectivity index (χ2n) is 10.2. The molecule has 0 N–H and O–H groups in total. The van der Waals surface area contributed by atoms with E-state index >= 15 is 0 Å². The number of ether oxygens (including phenoxy) is 4. The lowest BCUT2D eigenvalue weighted by molar-refractivity contribution is -0.143. The van der Waals surface area contributed by atoms with Gasteiger partial charge in [-0.1, -0.05) is 123 Å². The highest BCUT2D eigenvalue weighted by Crippen LogP contribution is 2.31. The second kappa shape index (κ2) is 16.0. The van der Waals surface area contributed by atoms with Crippen molar-refractivity contribution in [2.45, 2.75) is 70.2 Å². The van der Waals surface area contributed by atoms with E-state index in [0.717, 1.165) is 35.3 Å². The van der Waals surface area contributed by atoms with Crippen LogP contribution in [0.3, 0.4) is 0 Å². The van der Waals surface area contributed by atoms with Crippen LogP contribution in [-0.4, -0.2) is 24.9 Å². The maximum Gasteiger partial charge on any atom is 0.150 e. The largest absolute Gasteiger partial charge is 0.490 e. The van der Waals surface area contributed by atoms with Gasteiger partial charge in [-0.15, -0.1) is 6.58 Å². The normalized spacial score (nSPS) is 16.2. The molecule has 39 heavy (non-hydrogen) atoms. The van der Waals surface area contributed by atoms with Crippen LogP contribution in [0, 0.1) is 5.92 Å². The van der Waals surface area contributed by atoms with Crippen molar-refractivity contribution in [3.63, 3.8) is 0 Å². The average Bonchev–Trinajstić information content (AvgIpc) is 3.00. The molecule has 206 valence electrons. The van der Waals surface area contributed by atoms with Gasteiger partial charge in [0.2, 0.25) is 0 Å². The van der Waals surface area contributed by atoms with Gasteiger partial charge in [-0.25, -0.2) is 0 Å². The van der Waals surface area contributed by atoms with E-state index < -0.39 is 18.3 Å². The fourth-order valence-electron chi connectivity index (χ4n) is 5.02. The summed E-state index contributed by atoms with van der Waals surface area (Å²) < 4.78 is 25.8. The Morgan fingerprint density at radius 1 is 0.718 bits per heavy atom. The van der Waals surface area contributed by atoms with Crippen LogP contribution in [-0.2, 0) is 38.8 Å². The summed E-state index contributed by atoms with van der Waals surface area (Å²) in [5.41, 5.74) is 3.30. The summed E-state index contributed by atoms with van der Waals surface area (Å²) in [7, 11) is 0. The Balaban J connectivity index is 1.53. The van der Waals surface area contributed by atoms with Gasteiger partial charge >= 0.3 is 0 Å². The minimum absolute atomic E-state index is 0.346. The first-order valence-electron chi connectivity index (χ1n) is 14.1. The van der Waals surface area contributed by atoms with Crippen LogP contribution in [0.25, 0.3) is 0 Å². The van der Waals surface area contributed by atoms with Crippen molar-refractivity contribution >= 4 is 0 Å². The van der Waals surface area contributed by atoms with Gasteiger partial charge in [0, 0.05) is 5.92 Å². The van der Waals surface area contributed by atoms with Crippen LogP contribution in [0.2, 0.25) is 0 Å². The molecule has 4 rings (SSSR count). The maximum atomic E-state index is 6.64. The standard InChI is InChI=1S/C35H42O4/c1-3-33(37-25-30-18-10-5-11-19-30)35(38-26-31-20-12-6-13-21-31)34(27-36-24-29-16-8-4-9-17-29)39-28(2)32-22-14-7-15-23-32/h3-6,8-13,16-21,32-35H,1-2,7,14-15,22-27H2/t33-,34-,35+/m1/s1. The molecule has 0 heterocycles. The fraction of sp³-hybridized carbons (Fsp3) is 0.371. The summed E-state index contributed by atoms with van der Waals surface area (Å²) in [4.78, 5) is 0. The molecule has 0 saturated heterocycles. The Labute approximate surface area is 234 Å². The van der Waals surface area contributed by atoms with Crippen molar-refractivity contribution in [3.8, 4) is 0 Å². The molecule has 0 unspecified atom stereocenters. The third-order valence-corrected chi connectivity index (χ3v) is 7.25. The lowest BCUT2D eigenvalue weighted by Gasteiger charge is -2.35. The van der Waals surface area contributed by atoms with Crippen LogP contribution in [0.1, 0.15) is 48.8 Å². The minimum Gasteiger partial charge on any atom is -0.490 e. The third kappa shape index (κ3) is 9.50. The summed E-state index contributed by atoms with van der Waals surface area (Å²) in [5.74, 6) is 1.18. The van der Waals surface area contributed by atoms with Gasteiger partial charge in [0.05, 0.1) is 32.2 Å². The monoisotopic (exact) mass is 526 g/mol. The lowest BCUT2D eigenvalue weighted by Crippen LogP contribution is -2.44. The lowest BCUT2D eigenvalue weighted by atomic mass is 9.88. The zero-order valence-corrected chi connectivity index (χ0v) is 23.0. The minimum atomic E-state index is -0.442. The molecule has 1 aliphatic rings. The van der Waals surface area contributed by atoms with E-state index in [0.29, 0.717) is 32.3 Å². The molecule has 0 amide bonds. The Morgan fingerprint density at radius 2 is 1.23 bits per heavy atom. The zero-order valence-electron chi connectivity index (χ0n) is 23.0. The summed E-state index contributed by atoms with van der Waals surface area (Å²) in [6.45, 7) is 10.2. The summed E-state index contributed by atoms with van der Waals surface area (Å²) in [5, 5.41) is 0. The smallest absolute Gasteiger partial charge is 0.150 e. The van der Waals surface area contributed by atoms with Crippen molar-refractivity contribution in [2.75, 3.05) is 6.61 Å². The molecule has 0 spiro atoms. The zero-order chi connectivity index (χ0) is 27.1. The van der Waals surface area contributed by atoms with E-state index in [1.54, 1.807) is 0 Å². The molecular formula is C35H42O4. The van der Waals surface area contributed by atoms with Crippen molar-refractivity contribution in [1.82, 2.24) is 0 Å². The molecule has 1 fully saturated rings. The van der Waals surface area contributed by atoms with E-state index in [1.165, 1.54) is 19.3 Å². The molecule has 3 aromatic carbocycles. The highest BCUT2D eigenvalue weighted by atomic mass is 16.6. The van der Waals surface area contributed by atoms with E-state index in [9.17, 15) is 0 Å². The molecule has 0 aromatic heterocycles. The van der Waals surface area contributed by atoms with Gasteiger partial charge < -0.3 is 18.9 Å². The van der Waals surface area contributed by atoms with Gasteiger partial charge in [-0.2, -0.15) is 0 Å². The summed E-state index contributed by atoms with van der Waals surface area (Å²) in [6.07, 6.45) is 6.49. The van der Waals surface area contributed by atoms with Crippen molar-refractivity contribution in [2.24, 2.45) is 5.92 Å². The highest BCUT2D eigenvalue weighted by Gasteiger charge is 2.33. The van der Waals surface area contributed by atoms with Crippen LogP contribution >= 0.6 is 0 Å². The van der Waals surface area contributed by atoms with Crippen molar-refractivity contribution < 1.29 is 18.9 Å². The molecule has 1 saturated carbocycles. The van der Waals surface area contributed by atoms with Crippen LogP contribution in [0.15, 0.2) is 116 Å². The quantitative estimate of drug-likeness (QED) is 0.140. The fourth-order valence-corrected chi connectivity index (χ4v) is 5.02. The average molecular weight is 527 g/mol. The summed E-state index contributed by atoms with van der Waals surface area (Å²) in [6, 6.07) is 30.5. The van der Waals surface area contributed by atoms with Crippen LogP contribution in [0.4, 0.5) is 0 Å². The first kappa shape index (κ1) is 28.8. The number of benzene rings is 3. The third-order valence-electron chi connectivity index (χ3n) is 7.25. The molecule has 3 atom stereocenters. The molecule has 4 nitrogen and oxygen atoms in total. The second-order valence-corrected chi connectivity index (χ2v) is 10.2. The molecule has 1 aliphatic carbocycles. The predicted molar refractivity (Wildman–Crippen MR) is 157 cm³/mol. The first-order valence-corrected chi connectivity index (χ1v) is 14.1. The maximum absolute atomic E-state index is 6.64. The molecule has 3 aromatic rings. The van der Waals surface area contributed by atoms with Gasteiger partial charge in [-0.3, -0.25) is 0 Å². The number of rotatable bonds is 16. The topological polar surface area (TPSA) is 36.9 Å². The highest BCUT2D eigenvalue weighted by molar-refractivity contribution is 5.15. The number of allylic oxidation sites excluding steroid dienone is 1. The molecular weight excluding hydrogens is 484 g/mol. The molecule has 4 heteroatoms. The van der Waals surface area contributed by atoms with Crippen molar-refractivity contribution in [1.29, 1.82) is 0 Å². The summed E-state index contributed by atoms with van der Waals surface area (Å²) >= 11 is 0. The number of hydrogen-bond acceptors (Lipinski definition) is 4. The Kier molecular flexibility index (Phi) is 11.9. The SMILES string of the molecule is C=C[C@@H](OCc1ccccc1)[C@H](OCc1ccccc1)[C@@H](COCc1ccccc1)OC(=C)C1CCCCC1. The Hall–Kier alpha value is -3.18. The van der Waals surface area contributed by atoms with Crippen molar-refractivity contribution in [3.05, 3.63) is 133 Å². The van der Waals surface area contributed by atoms with Gasteiger partial charge in [0.1, 0.15) is 12.2 Å². The first-order chi connectivity index (χ1) is 19.2. The van der Waals surface area contributed by atoms with Gasteiger partial charge in [0.25, 0.3) is 0 Å². The van der Waals surface area contributed by atoms with Gasteiger partial charge in [-0.05, 0) is 29.5 Å². The van der Waals surface area contributed by atoms with Crippen LogP contribution < -0.4 is 0 Å². The van der Waals surface area contributed by atoms with E-state index in [-0.39, 0.29) is 0 Å². The van der Waals surface area contributed by atoms with Crippen LogP contribution in [0.5, 0.6) is 0 Å².